The van der Waals surface area contributed by atoms with Gasteiger partial charge in [-0.05, 0) is 31.4 Å². The number of hydrogen-bond acceptors (Lipinski definition) is 5. The van der Waals surface area contributed by atoms with Gasteiger partial charge in [0.25, 0.3) is 0 Å². The van der Waals surface area contributed by atoms with Crippen molar-refractivity contribution in [3.63, 3.8) is 0 Å². The highest BCUT2D eigenvalue weighted by molar-refractivity contribution is 6.08. The Bertz CT molecular complexity index is 882. The second-order valence-corrected chi connectivity index (χ2v) is 6.85. The Morgan fingerprint density at radius 2 is 2.28 bits per heavy atom. The van der Waals surface area contributed by atoms with E-state index in [1.165, 1.54) is 0 Å². The lowest BCUT2D eigenvalue weighted by Crippen LogP contribution is -2.39. The maximum atomic E-state index is 12.8. The molecule has 1 saturated heterocycles. The predicted octanol–water partition coefficient (Wildman–Crippen LogP) is 3.00. The van der Waals surface area contributed by atoms with Gasteiger partial charge in [0.1, 0.15) is 0 Å². The molecular weight excluding hydrogens is 316 g/mol. The van der Waals surface area contributed by atoms with Gasteiger partial charge in [-0.15, -0.1) is 0 Å². The molecule has 2 aromatic heterocycles. The first kappa shape index (κ1) is 16.0. The molecule has 1 aliphatic heterocycles. The first-order valence-electron chi connectivity index (χ1n) is 8.80. The van der Waals surface area contributed by atoms with E-state index < -0.39 is 0 Å². The number of benzene rings is 1. The summed E-state index contributed by atoms with van der Waals surface area (Å²) in [5.41, 5.74) is 1.79. The largest absolute Gasteiger partial charge is 0.360 e. The highest BCUT2D eigenvalue weighted by Crippen LogP contribution is 2.22. The molecule has 0 unspecified atom stereocenters. The molecule has 3 aromatic rings. The number of carbonyl (C=O) groups is 1. The predicted molar refractivity (Wildman–Crippen MR) is 94.5 cm³/mol. The molecule has 4 rings (SSSR count). The maximum Gasteiger partial charge on any atom is 0.223 e. The number of aromatic amines is 1. The molecule has 3 heterocycles. The van der Waals surface area contributed by atoms with Gasteiger partial charge in [0.05, 0.1) is 6.54 Å². The molecule has 1 N–H and O–H groups in total. The van der Waals surface area contributed by atoms with Crippen LogP contribution in [0.1, 0.15) is 34.9 Å². The Labute approximate surface area is 146 Å². The second kappa shape index (κ2) is 6.80. The van der Waals surface area contributed by atoms with Crippen LogP contribution in [0.25, 0.3) is 10.9 Å². The fourth-order valence-electron chi connectivity index (χ4n) is 3.73. The number of H-pyrrole nitrogens is 1. The SMILES string of the molecule is Cc1nc(C[C@H]2CCCN(CC(=O)c3c[nH]c4ccccc34)C2)no1. The lowest BCUT2D eigenvalue weighted by atomic mass is 9.94. The Balaban J connectivity index is 1.41. The number of aromatic nitrogens is 3. The van der Waals surface area contributed by atoms with E-state index in [4.69, 9.17) is 4.52 Å². The van der Waals surface area contributed by atoms with Crippen LogP contribution in [-0.4, -0.2) is 45.4 Å². The van der Waals surface area contributed by atoms with Gasteiger partial charge in [-0.2, -0.15) is 4.98 Å². The van der Waals surface area contributed by atoms with Crippen molar-refractivity contribution in [2.45, 2.75) is 26.2 Å². The quantitative estimate of drug-likeness (QED) is 0.724. The number of para-hydroxylation sites is 1. The Hall–Kier alpha value is -2.47. The molecule has 1 aliphatic rings. The molecule has 1 atom stereocenters. The molecule has 0 aliphatic carbocycles. The number of aryl methyl sites for hydroxylation is 1. The minimum Gasteiger partial charge on any atom is -0.360 e. The van der Waals surface area contributed by atoms with Crippen molar-refractivity contribution >= 4 is 16.7 Å². The van der Waals surface area contributed by atoms with Crippen LogP contribution in [0.2, 0.25) is 0 Å². The lowest BCUT2D eigenvalue weighted by Gasteiger charge is -2.31. The van der Waals surface area contributed by atoms with E-state index in [-0.39, 0.29) is 5.78 Å². The zero-order valence-corrected chi connectivity index (χ0v) is 14.4. The molecule has 0 spiro atoms. The van der Waals surface area contributed by atoms with Gasteiger partial charge in [0.2, 0.25) is 5.89 Å². The average molecular weight is 338 g/mol. The summed E-state index contributed by atoms with van der Waals surface area (Å²) < 4.78 is 5.05. The fourth-order valence-corrected chi connectivity index (χ4v) is 3.73. The van der Waals surface area contributed by atoms with Crippen LogP contribution < -0.4 is 0 Å². The summed E-state index contributed by atoms with van der Waals surface area (Å²) in [6, 6.07) is 7.94. The van der Waals surface area contributed by atoms with Crippen LogP contribution in [0.4, 0.5) is 0 Å². The van der Waals surface area contributed by atoms with E-state index in [0.29, 0.717) is 18.4 Å². The first-order chi connectivity index (χ1) is 12.2. The summed E-state index contributed by atoms with van der Waals surface area (Å²) in [7, 11) is 0. The van der Waals surface area contributed by atoms with Crippen molar-refractivity contribution in [2.75, 3.05) is 19.6 Å². The summed E-state index contributed by atoms with van der Waals surface area (Å²) >= 11 is 0. The van der Waals surface area contributed by atoms with Gasteiger partial charge in [-0.25, -0.2) is 0 Å². The van der Waals surface area contributed by atoms with Crippen LogP contribution in [-0.2, 0) is 6.42 Å². The van der Waals surface area contributed by atoms with Gasteiger partial charge >= 0.3 is 0 Å². The zero-order valence-electron chi connectivity index (χ0n) is 14.4. The molecule has 6 heteroatoms. The third-order valence-electron chi connectivity index (χ3n) is 4.90. The van der Waals surface area contributed by atoms with Gasteiger partial charge in [-0.3, -0.25) is 9.69 Å². The van der Waals surface area contributed by atoms with Crippen molar-refractivity contribution < 1.29 is 9.32 Å². The number of nitrogens with one attached hydrogen (secondary N) is 1. The topological polar surface area (TPSA) is 75.0 Å². The van der Waals surface area contributed by atoms with Crippen molar-refractivity contribution in [1.29, 1.82) is 0 Å². The number of rotatable bonds is 5. The molecule has 0 saturated carbocycles. The molecule has 130 valence electrons. The first-order valence-corrected chi connectivity index (χ1v) is 8.80. The van der Waals surface area contributed by atoms with Crippen molar-refractivity contribution in [2.24, 2.45) is 5.92 Å². The molecule has 6 nitrogen and oxygen atoms in total. The molecule has 1 fully saturated rings. The summed E-state index contributed by atoms with van der Waals surface area (Å²) in [6.45, 7) is 4.14. The summed E-state index contributed by atoms with van der Waals surface area (Å²) in [4.78, 5) is 22.5. The Morgan fingerprint density at radius 1 is 1.40 bits per heavy atom. The van der Waals surface area contributed by atoms with Gasteiger partial charge in [0.15, 0.2) is 11.6 Å². The lowest BCUT2D eigenvalue weighted by molar-refractivity contribution is 0.0887. The minimum absolute atomic E-state index is 0.175. The molecule has 1 aromatic carbocycles. The number of likely N-dealkylation sites (tertiary alicyclic amines) is 1. The Kier molecular flexibility index (Phi) is 4.36. The maximum absolute atomic E-state index is 12.8. The van der Waals surface area contributed by atoms with Crippen LogP contribution in [0.3, 0.4) is 0 Å². The number of Topliss-reactive ketones (excluding diaryl/α,β-unsaturated/α-hetero) is 1. The third kappa shape index (κ3) is 3.49. The van der Waals surface area contributed by atoms with E-state index in [0.717, 1.165) is 54.6 Å². The van der Waals surface area contributed by atoms with E-state index in [1.807, 2.05) is 37.4 Å². The average Bonchev–Trinajstić information content (AvgIpc) is 3.21. The molecule has 0 amide bonds. The summed E-state index contributed by atoms with van der Waals surface area (Å²) in [5, 5.41) is 5.00. The third-order valence-corrected chi connectivity index (χ3v) is 4.90. The van der Waals surface area contributed by atoms with Crippen molar-refractivity contribution in [1.82, 2.24) is 20.0 Å². The smallest absolute Gasteiger partial charge is 0.223 e. The second-order valence-electron chi connectivity index (χ2n) is 6.85. The Morgan fingerprint density at radius 3 is 3.12 bits per heavy atom. The zero-order chi connectivity index (χ0) is 17.2. The van der Waals surface area contributed by atoms with Gasteiger partial charge in [0, 0.05) is 42.6 Å². The normalized spacial score (nSPS) is 18.7. The van der Waals surface area contributed by atoms with E-state index >= 15 is 0 Å². The molecule has 0 radical (unpaired) electrons. The van der Waals surface area contributed by atoms with E-state index in [2.05, 4.69) is 20.0 Å². The van der Waals surface area contributed by atoms with Crippen LogP contribution in [0, 0.1) is 12.8 Å². The highest BCUT2D eigenvalue weighted by atomic mass is 16.5. The number of piperidine rings is 1. The number of hydrogen-bond donors (Lipinski definition) is 1. The number of nitrogens with zero attached hydrogens (tertiary/aromatic N) is 3. The summed E-state index contributed by atoms with van der Waals surface area (Å²) in [6.07, 6.45) is 4.89. The molecule has 25 heavy (non-hydrogen) atoms. The van der Waals surface area contributed by atoms with Gasteiger partial charge < -0.3 is 9.51 Å². The summed E-state index contributed by atoms with van der Waals surface area (Å²) in [5.74, 6) is 2.03. The fraction of sp³-hybridized carbons (Fsp3) is 0.421. The standard InChI is InChI=1S/C19H22N4O2/c1-13-21-19(22-25-13)9-14-5-4-8-23(11-14)12-18(24)16-10-20-17-7-3-2-6-15(16)17/h2-3,6-7,10,14,20H,4-5,8-9,11-12H2,1H3/t14-/m1/s1. The van der Waals surface area contributed by atoms with Crippen LogP contribution in [0.5, 0.6) is 0 Å². The minimum atomic E-state index is 0.175. The number of ketones is 1. The highest BCUT2D eigenvalue weighted by Gasteiger charge is 2.24. The monoisotopic (exact) mass is 338 g/mol. The van der Waals surface area contributed by atoms with Crippen molar-refractivity contribution in [3.05, 3.63) is 47.7 Å². The molecule has 0 bridgehead atoms. The number of fused-ring (bicyclic) bond motifs is 1. The van der Waals surface area contributed by atoms with Crippen LogP contribution in [0.15, 0.2) is 35.0 Å². The van der Waals surface area contributed by atoms with E-state index in [9.17, 15) is 4.79 Å². The van der Waals surface area contributed by atoms with E-state index in [1.54, 1.807) is 0 Å². The van der Waals surface area contributed by atoms with Crippen LogP contribution >= 0.6 is 0 Å². The van der Waals surface area contributed by atoms with Gasteiger partial charge in [-0.1, -0.05) is 23.4 Å². The van der Waals surface area contributed by atoms with Crippen molar-refractivity contribution in [3.8, 4) is 0 Å². The number of carbonyl (C=O) groups excluding carboxylic acids is 1. The molecular formula is C19H22N4O2.